The SMILES string of the molecule is O=C(O)c1ccc(Cl)cc1NS(=O)(=O)c1ccn[nH]1. The largest absolute Gasteiger partial charge is 0.478 e. The number of carboxylic acid groups (broad SMARTS) is 1. The van der Waals surface area contributed by atoms with Crippen molar-refractivity contribution in [2.75, 3.05) is 4.72 Å². The summed E-state index contributed by atoms with van der Waals surface area (Å²) in [6.45, 7) is 0. The Morgan fingerprint density at radius 1 is 1.37 bits per heavy atom. The molecule has 0 aliphatic carbocycles. The number of hydrogen-bond donors (Lipinski definition) is 3. The number of benzene rings is 1. The summed E-state index contributed by atoms with van der Waals surface area (Å²) in [5, 5.41) is 14.8. The Labute approximate surface area is 113 Å². The molecule has 0 unspecified atom stereocenters. The maximum atomic E-state index is 11.9. The van der Waals surface area contributed by atoms with Gasteiger partial charge in [0.25, 0.3) is 10.0 Å². The van der Waals surface area contributed by atoms with Crippen LogP contribution in [0.15, 0.2) is 35.5 Å². The normalized spacial score (nSPS) is 11.2. The van der Waals surface area contributed by atoms with Crippen molar-refractivity contribution in [2.24, 2.45) is 0 Å². The summed E-state index contributed by atoms with van der Waals surface area (Å²) in [6.07, 6.45) is 1.27. The average Bonchev–Trinajstić information content (AvgIpc) is 2.81. The lowest BCUT2D eigenvalue weighted by molar-refractivity contribution is 0.0698. The fraction of sp³-hybridized carbons (Fsp3) is 0. The van der Waals surface area contributed by atoms with E-state index in [9.17, 15) is 13.2 Å². The minimum atomic E-state index is -3.93. The molecule has 0 saturated carbocycles. The van der Waals surface area contributed by atoms with E-state index in [0.29, 0.717) is 0 Å². The number of anilines is 1. The van der Waals surface area contributed by atoms with Gasteiger partial charge in [-0.05, 0) is 24.3 Å². The molecule has 0 atom stereocenters. The van der Waals surface area contributed by atoms with Gasteiger partial charge in [0, 0.05) is 5.02 Å². The summed E-state index contributed by atoms with van der Waals surface area (Å²) < 4.78 is 26.0. The molecule has 19 heavy (non-hydrogen) atoms. The van der Waals surface area contributed by atoms with E-state index in [4.69, 9.17) is 16.7 Å². The lowest BCUT2D eigenvalue weighted by Crippen LogP contribution is -2.16. The van der Waals surface area contributed by atoms with Gasteiger partial charge in [-0.1, -0.05) is 11.6 Å². The van der Waals surface area contributed by atoms with Crippen LogP contribution in [0.5, 0.6) is 0 Å². The second kappa shape index (κ2) is 4.90. The molecule has 0 fully saturated rings. The number of aromatic carboxylic acids is 1. The lowest BCUT2D eigenvalue weighted by Gasteiger charge is -2.09. The summed E-state index contributed by atoms with van der Waals surface area (Å²) in [5.74, 6) is -1.26. The van der Waals surface area contributed by atoms with E-state index in [0.717, 1.165) is 0 Å². The molecule has 9 heteroatoms. The Kier molecular flexibility index (Phi) is 3.45. The number of aromatic nitrogens is 2. The van der Waals surface area contributed by atoms with Gasteiger partial charge in [0.1, 0.15) is 0 Å². The molecule has 1 heterocycles. The van der Waals surface area contributed by atoms with Crippen LogP contribution in [0.1, 0.15) is 10.4 Å². The monoisotopic (exact) mass is 301 g/mol. The molecule has 0 radical (unpaired) electrons. The third-order valence-corrected chi connectivity index (χ3v) is 3.75. The van der Waals surface area contributed by atoms with Crippen LogP contribution < -0.4 is 4.72 Å². The molecule has 0 amide bonds. The highest BCUT2D eigenvalue weighted by atomic mass is 35.5. The smallest absolute Gasteiger partial charge is 0.337 e. The zero-order valence-electron chi connectivity index (χ0n) is 9.29. The van der Waals surface area contributed by atoms with Crippen LogP contribution in [0.4, 0.5) is 5.69 Å². The van der Waals surface area contributed by atoms with E-state index in [1.807, 2.05) is 0 Å². The van der Waals surface area contributed by atoms with Crippen molar-refractivity contribution in [1.82, 2.24) is 10.2 Å². The molecule has 7 nitrogen and oxygen atoms in total. The van der Waals surface area contributed by atoms with E-state index in [1.54, 1.807) is 0 Å². The van der Waals surface area contributed by atoms with Gasteiger partial charge >= 0.3 is 5.97 Å². The quantitative estimate of drug-likeness (QED) is 0.793. The van der Waals surface area contributed by atoms with Crippen molar-refractivity contribution in [3.63, 3.8) is 0 Å². The second-order valence-corrected chi connectivity index (χ2v) is 5.61. The minimum absolute atomic E-state index is 0.116. The van der Waals surface area contributed by atoms with Gasteiger partial charge in [-0.25, -0.2) is 4.79 Å². The van der Waals surface area contributed by atoms with Crippen LogP contribution in [-0.4, -0.2) is 29.7 Å². The Bertz CT molecular complexity index is 712. The predicted octanol–water partition coefficient (Wildman–Crippen LogP) is 1.56. The zero-order chi connectivity index (χ0) is 14.0. The number of halogens is 1. The number of nitrogens with zero attached hydrogens (tertiary/aromatic N) is 1. The molecule has 2 aromatic rings. The molecule has 1 aromatic carbocycles. The molecule has 100 valence electrons. The number of hydrogen-bond acceptors (Lipinski definition) is 4. The van der Waals surface area contributed by atoms with Gasteiger partial charge < -0.3 is 5.11 Å². The van der Waals surface area contributed by atoms with E-state index in [-0.39, 0.29) is 21.3 Å². The van der Waals surface area contributed by atoms with E-state index in [1.165, 1.54) is 30.5 Å². The van der Waals surface area contributed by atoms with Crippen molar-refractivity contribution >= 4 is 33.3 Å². The summed E-state index contributed by atoms with van der Waals surface area (Å²) in [7, 11) is -3.93. The third-order valence-electron chi connectivity index (χ3n) is 2.22. The van der Waals surface area contributed by atoms with Gasteiger partial charge in [-0.15, -0.1) is 0 Å². The van der Waals surface area contributed by atoms with E-state index >= 15 is 0 Å². The van der Waals surface area contributed by atoms with Gasteiger partial charge in [-0.3, -0.25) is 9.82 Å². The van der Waals surface area contributed by atoms with Gasteiger partial charge in [-0.2, -0.15) is 13.5 Å². The Morgan fingerprint density at radius 3 is 2.68 bits per heavy atom. The number of carboxylic acids is 1. The molecule has 2 rings (SSSR count). The minimum Gasteiger partial charge on any atom is -0.478 e. The van der Waals surface area contributed by atoms with Gasteiger partial charge in [0.15, 0.2) is 5.03 Å². The number of rotatable bonds is 4. The average molecular weight is 302 g/mol. The zero-order valence-corrected chi connectivity index (χ0v) is 10.9. The molecular formula is C10H8ClN3O4S. The third kappa shape index (κ3) is 2.85. The highest BCUT2D eigenvalue weighted by molar-refractivity contribution is 7.92. The van der Waals surface area contributed by atoms with Crippen LogP contribution >= 0.6 is 11.6 Å². The van der Waals surface area contributed by atoms with Crippen molar-refractivity contribution in [3.8, 4) is 0 Å². The van der Waals surface area contributed by atoms with Crippen molar-refractivity contribution in [2.45, 2.75) is 5.03 Å². The maximum absolute atomic E-state index is 11.9. The summed E-state index contributed by atoms with van der Waals surface area (Å²) in [4.78, 5) is 11.0. The molecule has 0 bridgehead atoms. The van der Waals surface area contributed by atoms with Crippen LogP contribution in [0.3, 0.4) is 0 Å². The van der Waals surface area contributed by atoms with Crippen molar-refractivity contribution in [1.29, 1.82) is 0 Å². The number of nitrogens with one attached hydrogen (secondary N) is 2. The molecule has 1 aromatic heterocycles. The summed E-state index contributed by atoms with van der Waals surface area (Å²) in [5.41, 5.74) is -0.318. The lowest BCUT2D eigenvalue weighted by atomic mass is 10.2. The Morgan fingerprint density at radius 2 is 2.11 bits per heavy atom. The number of aromatic amines is 1. The van der Waals surface area contributed by atoms with Crippen LogP contribution in [0.25, 0.3) is 0 Å². The molecule has 0 saturated heterocycles. The highest BCUT2D eigenvalue weighted by Gasteiger charge is 2.19. The molecule has 3 N–H and O–H groups in total. The van der Waals surface area contributed by atoms with Crippen molar-refractivity contribution < 1.29 is 18.3 Å². The fourth-order valence-corrected chi connectivity index (χ4v) is 2.53. The summed E-state index contributed by atoms with van der Waals surface area (Å²) in [6, 6.07) is 5.04. The van der Waals surface area contributed by atoms with Crippen LogP contribution in [-0.2, 0) is 10.0 Å². The van der Waals surface area contributed by atoms with Crippen LogP contribution in [0.2, 0.25) is 5.02 Å². The van der Waals surface area contributed by atoms with E-state index in [2.05, 4.69) is 14.9 Å². The predicted molar refractivity (Wildman–Crippen MR) is 67.8 cm³/mol. The first kappa shape index (κ1) is 13.4. The van der Waals surface area contributed by atoms with E-state index < -0.39 is 16.0 Å². The summed E-state index contributed by atoms with van der Waals surface area (Å²) >= 11 is 5.73. The molecule has 0 aliphatic heterocycles. The standard InChI is InChI=1S/C10H8ClN3O4S/c11-6-1-2-7(10(15)16)8(5-6)14-19(17,18)9-3-4-12-13-9/h1-5,14H,(H,12,13)(H,15,16). The number of H-pyrrole nitrogens is 1. The van der Waals surface area contributed by atoms with Gasteiger partial charge in [0.05, 0.1) is 17.4 Å². The Hall–Kier alpha value is -2.06. The Balaban J connectivity index is 2.44. The van der Waals surface area contributed by atoms with Gasteiger partial charge in [0.2, 0.25) is 0 Å². The van der Waals surface area contributed by atoms with Crippen LogP contribution in [0, 0.1) is 0 Å². The molecule has 0 spiro atoms. The number of carbonyl (C=O) groups is 1. The first-order valence-electron chi connectivity index (χ1n) is 4.95. The molecule has 0 aliphatic rings. The number of sulfonamides is 1. The topological polar surface area (TPSA) is 112 Å². The first-order valence-corrected chi connectivity index (χ1v) is 6.81. The highest BCUT2D eigenvalue weighted by Crippen LogP contribution is 2.23. The second-order valence-electron chi connectivity index (χ2n) is 3.52. The maximum Gasteiger partial charge on any atom is 0.337 e. The fourth-order valence-electron chi connectivity index (χ4n) is 1.38. The van der Waals surface area contributed by atoms with Crippen molar-refractivity contribution in [3.05, 3.63) is 41.0 Å². The first-order chi connectivity index (χ1) is 8.90. The molecular weight excluding hydrogens is 294 g/mol.